The summed E-state index contributed by atoms with van der Waals surface area (Å²) in [5, 5.41) is 9.50. The number of nitrogen functional groups attached to an aromatic ring is 1. The Kier molecular flexibility index (Phi) is 6.18. The Bertz CT molecular complexity index is 1330. The highest BCUT2D eigenvalue weighted by molar-refractivity contribution is 7.98. The minimum Gasteiger partial charge on any atom is -0.485 e. The van der Waals surface area contributed by atoms with Crippen molar-refractivity contribution in [3.63, 3.8) is 0 Å². The highest BCUT2D eigenvalue weighted by Gasteiger charge is 2.15. The van der Waals surface area contributed by atoms with Gasteiger partial charge in [-0.15, -0.1) is 10.2 Å². The second kappa shape index (κ2) is 9.04. The van der Waals surface area contributed by atoms with Crippen LogP contribution in [0.3, 0.4) is 0 Å². The topological polar surface area (TPSA) is 101 Å². The zero-order valence-electron chi connectivity index (χ0n) is 18.6. The van der Waals surface area contributed by atoms with Crippen LogP contribution < -0.4 is 16.1 Å². The van der Waals surface area contributed by atoms with Gasteiger partial charge >= 0.3 is 0 Å². The molecule has 0 aliphatic rings. The lowest BCUT2D eigenvalue weighted by atomic mass is 10.0. The van der Waals surface area contributed by atoms with E-state index >= 15 is 0 Å². The van der Waals surface area contributed by atoms with Crippen molar-refractivity contribution in [3.8, 4) is 5.75 Å². The Hall–Kier alpha value is -3.33. The number of benzene rings is 2. The van der Waals surface area contributed by atoms with Crippen LogP contribution in [-0.4, -0.2) is 24.4 Å². The largest absolute Gasteiger partial charge is 0.485 e. The first-order valence-corrected chi connectivity index (χ1v) is 11.3. The molecule has 0 aliphatic carbocycles. The van der Waals surface area contributed by atoms with Crippen LogP contribution in [0.5, 0.6) is 5.75 Å². The zero-order valence-corrected chi connectivity index (χ0v) is 19.4. The normalized spacial score (nSPS) is 11.4. The third-order valence-corrected chi connectivity index (χ3v) is 6.23. The second-order valence-electron chi connectivity index (χ2n) is 7.95. The fourth-order valence-electron chi connectivity index (χ4n) is 3.41. The predicted molar refractivity (Wildman–Crippen MR) is 126 cm³/mol. The van der Waals surface area contributed by atoms with Gasteiger partial charge in [0.15, 0.2) is 5.82 Å². The van der Waals surface area contributed by atoms with E-state index in [9.17, 15) is 4.79 Å². The van der Waals surface area contributed by atoms with Gasteiger partial charge in [0.2, 0.25) is 5.16 Å². The van der Waals surface area contributed by atoms with E-state index in [1.807, 2.05) is 31.2 Å². The lowest BCUT2D eigenvalue weighted by molar-refractivity contribution is 0.287. The molecule has 9 heteroatoms. The van der Waals surface area contributed by atoms with Crippen molar-refractivity contribution in [1.29, 1.82) is 0 Å². The zero-order chi connectivity index (χ0) is 22.8. The second-order valence-corrected chi connectivity index (χ2v) is 8.89. The number of rotatable bonds is 7. The molecular weight excluding hydrogens is 424 g/mol. The Morgan fingerprint density at radius 1 is 1.12 bits per heavy atom. The first-order chi connectivity index (χ1) is 15.3. The number of thioether (sulfide) groups is 1. The van der Waals surface area contributed by atoms with Crippen LogP contribution >= 0.6 is 11.8 Å². The van der Waals surface area contributed by atoms with E-state index in [2.05, 4.69) is 41.2 Å². The molecule has 0 saturated heterocycles. The van der Waals surface area contributed by atoms with E-state index in [-0.39, 0.29) is 12.2 Å². The summed E-state index contributed by atoms with van der Waals surface area (Å²) in [6.07, 6.45) is 0. The molecule has 0 unspecified atom stereocenters. The molecule has 2 aromatic heterocycles. The molecule has 0 radical (unpaired) electrons. The van der Waals surface area contributed by atoms with Gasteiger partial charge < -0.3 is 10.6 Å². The third kappa shape index (κ3) is 4.34. The average Bonchev–Trinajstić information content (AvgIpc) is 3.13. The first kappa shape index (κ1) is 21.9. The van der Waals surface area contributed by atoms with Crippen LogP contribution in [0.25, 0.3) is 10.9 Å². The van der Waals surface area contributed by atoms with Gasteiger partial charge in [-0.05, 0) is 42.2 Å². The molecule has 32 heavy (non-hydrogen) atoms. The standard InChI is InChI=1S/C23H26N6O2S/c1-14(2)16-10-9-15(3)11-19(16)31-12-20-26-27-23(29(20)24)32-13-21-25-18-8-6-5-7-17(18)22(30)28(21)4/h5-11,14H,12-13,24H2,1-4H3. The molecule has 4 aromatic rings. The number of nitrogens with two attached hydrogens (primary N) is 1. The molecule has 0 amide bonds. The molecular formula is C23H26N6O2S. The van der Waals surface area contributed by atoms with Gasteiger partial charge in [-0.1, -0.05) is 49.9 Å². The molecule has 2 N–H and O–H groups in total. The molecule has 0 fully saturated rings. The fourth-order valence-corrected chi connectivity index (χ4v) is 4.27. The van der Waals surface area contributed by atoms with Crippen molar-refractivity contribution in [2.45, 2.75) is 44.2 Å². The van der Waals surface area contributed by atoms with Gasteiger partial charge in [0.1, 0.15) is 18.2 Å². The third-order valence-electron chi connectivity index (χ3n) is 5.29. The highest BCUT2D eigenvalue weighted by atomic mass is 32.2. The number of hydrogen-bond acceptors (Lipinski definition) is 7. The van der Waals surface area contributed by atoms with E-state index in [0.29, 0.717) is 39.4 Å². The van der Waals surface area contributed by atoms with E-state index in [4.69, 9.17) is 10.6 Å². The van der Waals surface area contributed by atoms with E-state index in [1.54, 1.807) is 17.7 Å². The Morgan fingerprint density at radius 3 is 2.69 bits per heavy atom. The first-order valence-electron chi connectivity index (χ1n) is 10.3. The Morgan fingerprint density at radius 2 is 1.91 bits per heavy atom. The van der Waals surface area contributed by atoms with Gasteiger partial charge in [0.05, 0.1) is 16.7 Å². The van der Waals surface area contributed by atoms with Gasteiger partial charge in [-0.2, -0.15) is 0 Å². The molecule has 0 aliphatic heterocycles. The molecule has 4 rings (SSSR count). The molecule has 166 valence electrons. The van der Waals surface area contributed by atoms with Crippen molar-refractivity contribution in [1.82, 2.24) is 24.4 Å². The number of para-hydroxylation sites is 1. The minimum absolute atomic E-state index is 0.0754. The van der Waals surface area contributed by atoms with E-state index in [1.165, 1.54) is 16.4 Å². The number of aromatic nitrogens is 5. The summed E-state index contributed by atoms with van der Waals surface area (Å²) < 4.78 is 9.02. The Balaban J connectivity index is 1.49. The summed E-state index contributed by atoms with van der Waals surface area (Å²) in [5.74, 6) is 8.98. The number of ether oxygens (including phenoxy) is 1. The highest BCUT2D eigenvalue weighted by Crippen LogP contribution is 2.28. The summed E-state index contributed by atoms with van der Waals surface area (Å²) in [5.41, 5.74) is 2.86. The van der Waals surface area contributed by atoms with Crippen molar-refractivity contribution in [3.05, 3.63) is 75.6 Å². The molecule has 0 atom stereocenters. The van der Waals surface area contributed by atoms with Gasteiger partial charge in [0.25, 0.3) is 5.56 Å². The van der Waals surface area contributed by atoms with Crippen LogP contribution in [0.15, 0.2) is 52.4 Å². The maximum absolute atomic E-state index is 12.6. The lowest BCUT2D eigenvalue weighted by Gasteiger charge is -2.14. The van der Waals surface area contributed by atoms with Crippen LogP contribution in [0.1, 0.15) is 42.5 Å². The van der Waals surface area contributed by atoms with Crippen LogP contribution in [-0.2, 0) is 19.4 Å². The van der Waals surface area contributed by atoms with Crippen LogP contribution in [0.2, 0.25) is 0 Å². The van der Waals surface area contributed by atoms with E-state index < -0.39 is 0 Å². The molecule has 8 nitrogen and oxygen atoms in total. The van der Waals surface area contributed by atoms with E-state index in [0.717, 1.165) is 16.9 Å². The maximum atomic E-state index is 12.6. The lowest BCUT2D eigenvalue weighted by Crippen LogP contribution is -2.22. The maximum Gasteiger partial charge on any atom is 0.261 e. The van der Waals surface area contributed by atoms with Crippen molar-refractivity contribution < 1.29 is 4.74 Å². The summed E-state index contributed by atoms with van der Waals surface area (Å²) >= 11 is 1.37. The van der Waals surface area contributed by atoms with Gasteiger partial charge in [-0.3, -0.25) is 9.36 Å². The fraction of sp³-hybridized carbons (Fsp3) is 0.304. The quantitative estimate of drug-likeness (QED) is 0.339. The number of aryl methyl sites for hydroxylation is 1. The molecule has 2 heterocycles. The molecule has 2 aromatic carbocycles. The monoisotopic (exact) mass is 450 g/mol. The molecule has 0 saturated carbocycles. The summed E-state index contributed by atoms with van der Waals surface area (Å²) in [4.78, 5) is 17.2. The van der Waals surface area contributed by atoms with Crippen LogP contribution in [0, 0.1) is 6.92 Å². The Labute approximate surface area is 190 Å². The number of fused-ring (bicyclic) bond motifs is 1. The summed E-state index contributed by atoms with van der Waals surface area (Å²) in [6, 6.07) is 13.5. The smallest absolute Gasteiger partial charge is 0.261 e. The van der Waals surface area contributed by atoms with Crippen molar-refractivity contribution in [2.24, 2.45) is 7.05 Å². The van der Waals surface area contributed by atoms with Crippen molar-refractivity contribution in [2.75, 3.05) is 5.84 Å². The number of hydrogen-bond donors (Lipinski definition) is 1. The van der Waals surface area contributed by atoms with Gasteiger partial charge in [0, 0.05) is 7.05 Å². The van der Waals surface area contributed by atoms with Crippen LogP contribution in [0.4, 0.5) is 0 Å². The molecule has 0 spiro atoms. The van der Waals surface area contributed by atoms with Gasteiger partial charge in [-0.25, -0.2) is 9.66 Å². The van der Waals surface area contributed by atoms with Crippen molar-refractivity contribution >= 4 is 22.7 Å². The summed E-state index contributed by atoms with van der Waals surface area (Å²) in [6.45, 7) is 6.50. The molecule has 0 bridgehead atoms. The minimum atomic E-state index is -0.0754. The average molecular weight is 451 g/mol. The predicted octanol–water partition coefficient (Wildman–Crippen LogP) is 3.54. The summed E-state index contributed by atoms with van der Waals surface area (Å²) in [7, 11) is 1.72. The SMILES string of the molecule is Cc1ccc(C(C)C)c(OCc2nnc(SCc3nc4ccccc4c(=O)n3C)n2N)c1. The number of nitrogens with zero attached hydrogens (tertiary/aromatic N) is 5.